The van der Waals surface area contributed by atoms with E-state index in [4.69, 9.17) is 28.7 Å². The second kappa shape index (κ2) is 5.46. The Balaban J connectivity index is 1.41. The third kappa shape index (κ3) is 1.80. The maximum absolute atomic E-state index is 6.43. The minimum absolute atomic E-state index is 0.227. The molecule has 7 heterocycles. The van der Waals surface area contributed by atoms with Gasteiger partial charge in [0.05, 0.1) is 31.4 Å². The van der Waals surface area contributed by atoms with E-state index in [1.165, 1.54) is 5.57 Å². The third-order valence-electron chi connectivity index (χ3n) is 8.03. The van der Waals surface area contributed by atoms with Crippen LogP contribution in [0.15, 0.2) is 22.7 Å². The van der Waals surface area contributed by atoms with Crippen LogP contribution in [0.4, 0.5) is 5.69 Å². The molecular weight excluding hydrogens is 372 g/mol. The van der Waals surface area contributed by atoms with Crippen LogP contribution in [0.2, 0.25) is 0 Å². The first kappa shape index (κ1) is 16.5. The number of fused-ring (bicyclic) bond motifs is 3. The van der Waals surface area contributed by atoms with E-state index in [1.807, 2.05) is 6.07 Å². The number of methoxy groups -OCH3 is 2. The Kier molecular flexibility index (Phi) is 3.11. The molecular formula is C22H24N2O5. The lowest BCUT2D eigenvalue weighted by Crippen LogP contribution is -2.61. The standard InChI is InChI=1S/C22H24N2O5/c1-25-4-3-11-8-24-15-7-22-17(24)5-12(11)13(15)9-27-21(22)23-14-6-16-19(29-10-28-16)20(26-2)18(14)22/h3,6,12-13,15,17H,4-5,7-10H2,1-2H3/t12-,13-,15-,17-,22-/m0/s1. The molecule has 0 aliphatic carbocycles. The summed E-state index contributed by atoms with van der Waals surface area (Å²) in [5.74, 6) is 4.14. The number of ether oxygens (including phenoxy) is 5. The lowest BCUT2D eigenvalue weighted by atomic mass is 9.68. The summed E-state index contributed by atoms with van der Waals surface area (Å²) in [7, 11) is 3.47. The molecule has 5 bridgehead atoms. The summed E-state index contributed by atoms with van der Waals surface area (Å²) in [5.41, 5.74) is 3.32. The quantitative estimate of drug-likeness (QED) is 0.732. The molecule has 7 nitrogen and oxygen atoms in total. The van der Waals surface area contributed by atoms with Crippen LogP contribution in [-0.4, -0.2) is 63.7 Å². The molecule has 5 fully saturated rings. The molecule has 0 saturated carbocycles. The fourth-order valence-electron chi connectivity index (χ4n) is 6.99. The first-order valence-corrected chi connectivity index (χ1v) is 10.4. The average Bonchev–Trinajstić information content (AvgIpc) is 3.34. The summed E-state index contributed by atoms with van der Waals surface area (Å²) in [6, 6.07) is 2.90. The molecule has 152 valence electrons. The smallest absolute Gasteiger partial charge is 0.231 e. The maximum atomic E-state index is 6.43. The summed E-state index contributed by atoms with van der Waals surface area (Å²) in [6.45, 7) is 2.66. The van der Waals surface area contributed by atoms with Gasteiger partial charge in [-0.15, -0.1) is 0 Å². The number of aliphatic imine (C=N–C) groups is 1. The van der Waals surface area contributed by atoms with Crippen LogP contribution in [0, 0.1) is 11.8 Å². The van der Waals surface area contributed by atoms with Crippen molar-refractivity contribution in [1.29, 1.82) is 0 Å². The molecule has 1 unspecified atom stereocenters. The van der Waals surface area contributed by atoms with Gasteiger partial charge in [0, 0.05) is 43.3 Å². The Labute approximate surface area is 169 Å². The molecule has 8 rings (SSSR count). The van der Waals surface area contributed by atoms with Crippen LogP contribution in [0.25, 0.3) is 0 Å². The van der Waals surface area contributed by atoms with Gasteiger partial charge in [0.2, 0.25) is 18.4 Å². The van der Waals surface area contributed by atoms with Crippen molar-refractivity contribution in [2.24, 2.45) is 16.8 Å². The minimum atomic E-state index is -0.247. The van der Waals surface area contributed by atoms with E-state index in [2.05, 4.69) is 11.0 Å². The molecule has 0 amide bonds. The van der Waals surface area contributed by atoms with Gasteiger partial charge in [0.1, 0.15) is 0 Å². The predicted octanol–water partition coefficient (Wildman–Crippen LogP) is 2.40. The van der Waals surface area contributed by atoms with E-state index in [0.717, 1.165) is 48.9 Å². The van der Waals surface area contributed by atoms with Gasteiger partial charge in [0.25, 0.3) is 0 Å². The molecule has 29 heavy (non-hydrogen) atoms. The molecule has 1 aromatic rings. The number of hydrogen-bond acceptors (Lipinski definition) is 7. The summed E-state index contributed by atoms with van der Waals surface area (Å²) >= 11 is 0. The van der Waals surface area contributed by atoms with Crippen LogP contribution < -0.4 is 14.2 Å². The van der Waals surface area contributed by atoms with E-state index in [0.29, 0.717) is 42.0 Å². The highest BCUT2D eigenvalue weighted by molar-refractivity contribution is 6.00. The largest absolute Gasteiger partial charge is 0.492 e. The second-order valence-corrected chi connectivity index (χ2v) is 8.94. The fourth-order valence-corrected chi connectivity index (χ4v) is 6.99. The summed E-state index contributed by atoms with van der Waals surface area (Å²) < 4.78 is 29.1. The number of piperidine rings is 3. The molecule has 7 heteroatoms. The number of nitrogens with zero attached hydrogens (tertiary/aromatic N) is 2. The zero-order chi connectivity index (χ0) is 19.3. The van der Waals surface area contributed by atoms with E-state index in [-0.39, 0.29) is 12.2 Å². The molecule has 1 spiro atoms. The lowest BCUT2D eigenvalue weighted by molar-refractivity contribution is -0.0156. The Morgan fingerprint density at radius 1 is 1.31 bits per heavy atom. The van der Waals surface area contributed by atoms with Gasteiger partial charge in [0.15, 0.2) is 11.5 Å². The van der Waals surface area contributed by atoms with Crippen molar-refractivity contribution in [3.63, 3.8) is 0 Å². The monoisotopic (exact) mass is 396 g/mol. The third-order valence-corrected chi connectivity index (χ3v) is 8.03. The highest BCUT2D eigenvalue weighted by Gasteiger charge is 2.69. The van der Waals surface area contributed by atoms with Crippen LogP contribution in [-0.2, 0) is 14.9 Å². The molecule has 7 aliphatic rings. The van der Waals surface area contributed by atoms with Crippen molar-refractivity contribution in [3.05, 3.63) is 23.3 Å². The van der Waals surface area contributed by atoms with Crippen LogP contribution in [0.5, 0.6) is 17.2 Å². The van der Waals surface area contributed by atoms with Crippen LogP contribution in [0.1, 0.15) is 18.4 Å². The van der Waals surface area contributed by atoms with Crippen molar-refractivity contribution in [1.82, 2.24) is 4.90 Å². The van der Waals surface area contributed by atoms with Crippen LogP contribution >= 0.6 is 0 Å². The number of hydrogen-bond donors (Lipinski definition) is 0. The number of rotatable bonds is 3. The van der Waals surface area contributed by atoms with E-state index in [1.54, 1.807) is 14.2 Å². The van der Waals surface area contributed by atoms with E-state index in [9.17, 15) is 0 Å². The van der Waals surface area contributed by atoms with Gasteiger partial charge < -0.3 is 23.7 Å². The van der Waals surface area contributed by atoms with Crippen molar-refractivity contribution in [2.45, 2.75) is 30.3 Å². The van der Waals surface area contributed by atoms with Crippen molar-refractivity contribution < 1.29 is 23.7 Å². The Morgan fingerprint density at radius 3 is 3.10 bits per heavy atom. The summed E-state index contributed by atoms with van der Waals surface area (Å²) in [6.07, 6.45) is 4.46. The molecule has 5 saturated heterocycles. The van der Waals surface area contributed by atoms with Crippen molar-refractivity contribution in [3.8, 4) is 17.2 Å². The average molecular weight is 396 g/mol. The normalized spacial score (nSPS) is 40.6. The van der Waals surface area contributed by atoms with Gasteiger partial charge in [-0.05, 0) is 18.8 Å². The first-order valence-electron chi connectivity index (χ1n) is 10.4. The topological polar surface area (TPSA) is 61.8 Å². The van der Waals surface area contributed by atoms with E-state index >= 15 is 0 Å². The molecule has 0 radical (unpaired) electrons. The molecule has 6 atom stereocenters. The Bertz CT molecular complexity index is 988. The van der Waals surface area contributed by atoms with Gasteiger partial charge in [-0.3, -0.25) is 4.90 Å². The second-order valence-electron chi connectivity index (χ2n) is 8.94. The summed E-state index contributed by atoms with van der Waals surface area (Å²) in [4.78, 5) is 7.69. The molecule has 7 aliphatic heterocycles. The zero-order valence-corrected chi connectivity index (χ0v) is 16.6. The van der Waals surface area contributed by atoms with Gasteiger partial charge in [-0.1, -0.05) is 11.6 Å². The molecule has 0 aromatic heterocycles. The SMILES string of the molecule is COCC=C1CN2[C@H]3C[C@@H]1[C@@H]1COC4=Nc5cc6c(c(OC)c5[C@@]43C[C@@H]12)OCO6. The van der Waals surface area contributed by atoms with Gasteiger partial charge >= 0.3 is 0 Å². The predicted molar refractivity (Wildman–Crippen MR) is 104 cm³/mol. The van der Waals surface area contributed by atoms with Crippen molar-refractivity contribution in [2.75, 3.05) is 40.8 Å². The van der Waals surface area contributed by atoms with Crippen molar-refractivity contribution >= 4 is 11.6 Å². The zero-order valence-electron chi connectivity index (χ0n) is 16.6. The number of benzene rings is 1. The Hall–Kier alpha value is -2.25. The first-order chi connectivity index (χ1) is 14.3. The highest BCUT2D eigenvalue weighted by atomic mass is 16.7. The lowest BCUT2D eigenvalue weighted by Gasteiger charge is -2.54. The van der Waals surface area contributed by atoms with Gasteiger partial charge in [-0.25, -0.2) is 4.99 Å². The Morgan fingerprint density at radius 2 is 2.24 bits per heavy atom. The highest BCUT2D eigenvalue weighted by Crippen LogP contribution is 2.66. The van der Waals surface area contributed by atoms with Crippen LogP contribution in [0.3, 0.4) is 0 Å². The minimum Gasteiger partial charge on any atom is -0.492 e. The molecule has 0 N–H and O–H groups in total. The summed E-state index contributed by atoms with van der Waals surface area (Å²) in [5, 5.41) is 0. The van der Waals surface area contributed by atoms with E-state index < -0.39 is 0 Å². The molecule has 1 aromatic carbocycles. The fraction of sp³-hybridized carbons (Fsp3) is 0.591. The maximum Gasteiger partial charge on any atom is 0.231 e. The van der Waals surface area contributed by atoms with Gasteiger partial charge in [-0.2, -0.15) is 0 Å².